The molecule has 0 radical (unpaired) electrons. The van der Waals surface area contributed by atoms with E-state index in [1.165, 1.54) is 25.7 Å². The molecule has 1 aliphatic rings. The van der Waals surface area contributed by atoms with E-state index in [1.54, 1.807) is 0 Å². The van der Waals surface area contributed by atoms with Gasteiger partial charge in [0.2, 0.25) is 11.8 Å². The lowest BCUT2D eigenvalue weighted by molar-refractivity contribution is -0.136. The number of rotatable bonds is 7. The Hall–Kier alpha value is -1.06. The normalized spacial score (nSPS) is 19.2. The summed E-state index contributed by atoms with van der Waals surface area (Å²) in [4.78, 5) is 24.6. The largest absolute Gasteiger partial charge is 0.369 e. The Balaban J connectivity index is 2.77. The molecule has 2 unspecified atom stereocenters. The summed E-state index contributed by atoms with van der Waals surface area (Å²) in [6.45, 7) is 9.87. The standard InChI is InChI=1S/C18H34N2O2/c1-12(2)15(17(22)20-18(3,4)5)14(16(19)21)11-10-13-8-6-7-9-13/h12-15H,6-11H2,1-5H3,(H2,19,21)(H,20,22). The number of primary amides is 1. The van der Waals surface area contributed by atoms with Crippen LogP contribution in [0.1, 0.15) is 73.1 Å². The van der Waals surface area contributed by atoms with Crippen molar-refractivity contribution in [3.05, 3.63) is 0 Å². The predicted octanol–water partition coefficient (Wildman–Crippen LogP) is 3.25. The monoisotopic (exact) mass is 310 g/mol. The highest BCUT2D eigenvalue weighted by Gasteiger charge is 2.36. The Morgan fingerprint density at radius 3 is 2.14 bits per heavy atom. The molecule has 3 N–H and O–H groups in total. The quantitative estimate of drug-likeness (QED) is 0.757. The minimum Gasteiger partial charge on any atom is -0.369 e. The minimum absolute atomic E-state index is 0.0438. The molecule has 1 rings (SSSR count). The van der Waals surface area contributed by atoms with Gasteiger partial charge in [0, 0.05) is 11.5 Å². The van der Waals surface area contributed by atoms with Gasteiger partial charge in [0.05, 0.1) is 5.92 Å². The molecule has 0 aromatic heterocycles. The van der Waals surface area contributed by atoms with Crippen molar-refractivity contribution in [1.29, 1.82) is 0 Å². The number of nitrogens with two attached hydrogens (primary N) is 1. The highest BCUT2D eigenvalue weighted by Crippen LogP contribution is 2.33. The van der Waals surface area contributed by atoms with E-state index in [9.17, 15) is 9.59 Å². The lowest BCUT2D eigenvalue weighted by Gasteiger charge is -2.31. The van der Waals surface area contributed by atoms with Gasteiger partial charge in [-0.15, -0.1) is 0 Å². The van der Waals surface area contributed by atoms with Crippen LogP contribution in [0.4, 0.5) is 0 Å². The summed E-state index contributed by atoms with van der Waals surface area (Å²) in [5.74, 6) is -0.261. The smallest absolute Gasteiger partial charge is 0.224 e. The van der Waals surface area contributed by atoms with Crippen molar-refractivity contribution >= 4 is 11.8 Å². The van der Waals surface area contributed by atoms with Crippen LogP contribution in [0, 0.1) is 23.7 Å². The summed E-state index contributed by atoms with van der Waals surface area (Å²) in [6, 6.07) is 0. The molecular weight excluding hydrogens is 276 g/mol. The van der Waals surface area contributed by atoms with E-state index >= 15 is 0 Å². The van der Waals surface area contributed by atoms with Gasteiger partial charge in [-0.2, -0.15) is 0 Å². The topological polar surface area (TPSA) is 72.2 Å². The zero-order valence-electron chi connectivity index (χ0n) is 14.9. The maximum Gasteiger partial charge on any atom is 0.224 e. The van der Waals surface area contributed by atoms with Crippen molar-refractivity contribution in [2.45, 2.75) is 78.7 Å². The summed E-state index contributed by atoms with van der Waals surface area (Å²) in [5, 5.41) is 3.02. The highest BCUT2D eigenvalue weighted by molar-refractivity contribution is 5.87. The Kier molecular flexibility index (Phi) is 6.89. The third-order valence-corrected chi connectivity index (χ3v) is 4.68. The number of carbonyl (C=O) groups excluding carboxylic acids is 2. The summed E-state index contributed by atoms with van der Waals surface area (Å²) in [7, 11) is 0. The summed E-state index contributed by atoms with van der Waals surface area (Å²) >= 11 is 0. The van der Waals surface area contributed by atoms with Crippen LogP contribution in [0.3, 0.4) is 0 Å². The molecule has 4 heteroatoms. The van der Waals surface area contributed by atoms with E-state index in [2.05, 4.69) is 5.32 Å². The maximum atomic E-state index is 12.6. The van der Waals surface area contributed by atoms with Crippen molar-refractivity contribution in [3.8, 4) is 0 Å². The van der Waals surface area contributed by atoms with E-state index in [0.717, 1.165) is 12.8 Å². The number of hydrogen-bond acceptors (Lipinski definition) is 2. The van der Waals surface area contributed by atoms with E-state index in [-0.39, 0.29) is 35.1 Å². The average molecular weight is 310 g/mol. The minimum atomic E-state index is -0.358. The van der Waals surface area contributed by atoms with E-state index in [1.807, 2.05) is 34.6 Å². The summed E-state index contributed by atoms with van der Waals surface area (Å²) < 4.78 is 0. The Labute approximate surface area is 135 Å². The third-order valence-electron chi connectivity index (χ3n) is 4.68. The van der Waals surface area contributed by atoms with Gasteiger partial charge < -0.3 is 11.1 Å². The van der Waals surface area contributed by atoms with Crippen molar-refractivity contribution in [1.82, 2.24) is 5.32 Å². The van der Waals surface area contributed by atoms with Crippen LogP contribution in [-0.4, -0.2) is 17.4 Å². The molecule has 0 aromatic rings. The van der Waals surface area contributed by atoms with Crippen LogP contribution < -0.4 is 11.1 Å². The van der Waals surface area contributed by atoms with Gasteiger partial charge in [-0.05, 0) is 45.4 Å². The highest BCUT2D eigenvalue weighted by atomic mass is 16.2. The molecule has 22 heavy (non-hydrogen) atoms. The first-order valence-electron chi connectivity index (χ1n) is 8.73. The fourth-order valence-electron chi connectivity index (χ4n) is 3.62. The molecule has 4 nitrogen and oxygen atoms in total. The Bertz CT molecular complexity index is 379. The van der Waals surface area contributed by atoms with Crippen LogP contribution in [0.5, 0.6) is 0 Å². The van der Waals surface area contributed by atoms with Crippen molar-refractivity contribution in [2.75, 3.05) is 0 Å². The van der Waals surface area contributed by atoms with Crippen LogP contribution in [0.2, 0.25) is 0 Å². The number of carbonyl (C=O) groups is 2. The van der Waals surface area contributed by atoms with Crippen molar-refractivity contribution in [3.63, 3.8) is 0 Å². The molecule has 0 heterocycles. The maximum absolute atomic E-state index is 12.6. The average Bonchev–Trinajstić information content (AvgIpc) is 2.83. The van der Waals surface area contributed by atoms with E-state index in [4.69, 9.17) is 5.73 Å². The van der Waals surface area contributed by atoms with Gasteiger partial charge in [-0.25, -0.2) is 0 Å². The Morgan fingerprint density at radius 2 is 1.73 bits per heavy atom. The number of amides is 2. The second kappa shape index (κ2) is 7.98. The SMILES string of the molecule is CC(C)C(C(=O)NC(C)(C)C)C(CCC1CCCC1)C(N)=O. The first kappa shape index (κ1) is 19.0. The van der Waals surface area contributed by atoms with Gasteiger partial charge in [-0.3, -0.25) is 9.59 Å². The molecule has 128 valence electrons. The van der Waals surface area contributed by atoms with E-state index in [0.29, 0.717) is 5.92 Å². The van der Waals surface area contributed by atoms with Gasteiger partial charge in [0.25, 0.3) is 0 Å². The number of nitrogens with one attached hydrogen (secondary N) is 1. The van der Waals surface area contributed by atoms with Crippen LogP contribution >= 0.6 is 0 Å². The molecular formula is C18H34N2O2. The fourth-order valence-corrected chi connectivity index (χ4v) is 3.62. The first-order chi connectivity index (χ1) is 10.1. The molecule has 0 bridgehead atoms. The second-order valence-electron chi connectivity index (χ2n) is 8.25. The van der Waals surface area contributed by atoms with Gasteiger partial charge >= 0.3 is 0 Å². The lowest BCUT2D eigenvalue weighted by Crippen LogP contribution is -2.49. The van der Waals surface area contributed by atoms with Crippen LogP contribution in [0.25, 0.3) is 0 Å². The molecule has 0 saturated heterocycles. The molecule has 1 aliphatic carbocycles. The van der Waals surface area contributed by atoms with Gasteiger partial charge in [-0.1, -0.05) is 39.5 Å². The van der Waals surface area contributed by atoms with Crippen molar-refractivity contribution in [2.24, 2.45) is 29.4 Å². The first-order valence-corrected chi connectivity index (χ1v) is 8.73. The predicted molar refractivity (Wildman–Crippen MR) is 90.1 cm³/mol. The van der Waals surface area contributed by atoms with Crippen LogP contribution in [-0.2, 0) is 9.59 Å². The fraction of sp³-hybridized carbons (Fsp3) is 0.889. The molecule has 2 amide bonds. The van der Waals surface area contributed by atoms with Crippen LogP contribution in [0.15, 0.2) is 0 Å². The molecule has 1 fully saturated rings. The molecule has 2 atom stereocenters. The zero-order chi connectivity index (χ0) is 16.9. The third kappa shape index (κ3) is 5.98. The summed E-state index contributed by atoms with van der Waals surface area (Å²) in [5.41, 5.74) is 5.35. The molecule has 0 spiro atoms. The van der Waals surface area contributed by atoms with Gasteiger partial charge in [0.1, 0.15) is 0 Å². The molecule has 1 saturated carbocycles. The van der Waals surface area contributed by atoms with Crippen molar-refractivity contribution < 1.29 is 9.59 Å². The number of hydrogen-bond donors (Lipinski definition) is 2. The Morgan fingerprint density at radius 1 is 1.18 bits per heavy atom. The van der Waals surface area contributed by atoms with E-state index < -0.39 is 0 Å². The zero-order valence-corrected chi connectivity index (χ0v) is 14.9. The molecule has 0 aliphatic heterocycles. The second-order valence-corrected chi connectivity index (χ2v) is 8.25. The lowest BCUT2D eigenvalue weighted by atomic mass is 9.78. The van der Waals surface area contributed by atoms with Gasteiger partial charge in [0.15, 0.2) is 0 Å². The molecule has 0 aromatic carbocycles. The summed E-state index contributed by atoms with van der Waals surface area (Å²) in [6.07, 6.45) is 6.85.